The summed E-state index contributed by atoms with van der Waals surface area (Å²) in [6.45, 7) is 2.02. The zero-order chi connectivity index (χ0) is 12.3. The summed E-state index contributed by atoms with van der Waals surface area (Å²) in [6.07, 6.45) is 3.92. The van der Waals surface area contributed by atoms with Gasteiger partial charge in [0, 0.05) is 11.4 Å². The van der Waals surface area contributed by atoms with E-state index in [1.165, 1.54) is 18.4 Å². The molecule has 92 valence electrons. The van der Waals surface area contributed by atoms with Gasteiger partial charge in [0.15, 0.2) is 0 Å². The van der Waals surface area contributed by atoms with Crippen molar-refractivity contribution in [3.63, 3.8) is 0 Å². The van der Waals surface area contributed by atoms with E-state index in [2.05, 4.69) is 5.32 Å². The number of rotatable bonds is 5. The molecule has 1 unspecified atom stereocenters. The third-order valence-corrected chi connectivity index (χ3v) is 3.37. The van der Waals surface area contributed by atoms with E-state index >= 15 is 0 Å². The highest BCUT2D eigenvalue weighted by Gasteiger charge is 2.33. The molecule has 0 aliphatic heterocycles. The highest BCUT2D eigenvalue weighted by atomic mass is 35.5. The van der Waals surface area contributed by atoms with Gasteiger partial charge in [-0.2, -0.15) is 0 Å². The third-order valence-electron chi connectivity index (χ3n) is 3.12. The van der Waals surface area contributed by atoms with Crippen molar-refractivity contribution < 1.29 is 4.79 Å². The topological polar surface area (TPSA) is 29.1 Å². The van der Waals surface area contributed by atoms with Crippen molar-refractivity contribution in [2.45, 2.75) is 38.6 Å². The molecule has 17 heavy (non-hydrogen) atoms. The molecule has 2 rings (SSSR count). The molecule has 3 heteroatoms. The molecule has 0 spiro atoms. The second-order valence-corrected chi connectivity index (χ2v) is 5.12. The van der Waals surface area contributed by atoms with Gasteiger partial charge in [-0.15, -0.1) is 0 Å². The van der Waals surface area contributed by atoms with Gasteiger partial charge in [0.2, 0.25) is 5.91 Å². The Hall–Kier alpha value is -1.02. The number of halogens is 1. The van der Waals surface area contributed by atoms with E-state index in [9.17, 15) is 4.79 Å². The third kappa shape index (κ3) is 3.47. The van der Waals surface area contributed by atoms with Crippen molar-refractivity contribution in [3.05, 3.63) is 34.9 Å². The minimum absolute atomic E-state index is 0.152. The van der Waals surface area contributed by atoms with Crippen molar-refractivity contribution in [1.29, 1.82) is 0 Å². The molecule has 1 aromatic carbocycles. The van der Waals surface area contributed by atoms with Gasteiger partial charge in [-0.1, -0.05) is 30.7 Å². The average Bonchev–Trinajstić information content (AvgIpc) is 3.12. The molecule has 0 saturated heterocycles. The van der Waals surface area contributed by atoms with Gasteiger partial charge in [0.05, 0.1) is 6.04 Å². The first-order valence-corrected chi connectivity index (χ1v) is 6.63. The summed E-state index contributed by atoms with van der Waals surface area (Å²) in [7, 11) is 0. The monoisotopic (exact) mass is 251 g/mol. The maximum Gasteiger partial charge on any atom is 0.220 e. The molecular weight excluding hydrogens is 234 g/mol. The van der Waals surface area contributed by atoms with E-state index in [1.807, 2.05) is 31.2 Å². The van der Waals surface area contributed by atoms with Gasteiger partial charge >= 0.3 is 0 Å². The molecule has 1 fully saturated rings. The summed E-state index contributed by atoms with van der Waals surface area (Å²) in [5.41, 5.74) is 1.17. The summed E-state index contributed by atoms with van der Waals surface area (Å²) in [6, 6.07) is 7.97. The predicted octanol–water partition coefficient (Wildman–Crippen LogP) is 3.71. The first-order chi connectivity index (χ1) is 8.20. The zero-order valence-electron chi connectivity index (χ0n) is 10.1. The van der Waals surface area contributed by atoms with Gasteiger partial charge in [-0.05, 0) is 42.9 Å². The summed E-state index contributed by atoms with van der Waals surface area (Å²) < 4.78 is 0. The number of benzene rings is 1. The Labute approximate surface area is 107 Å². The number of hydrogen-bond donors (Lipinski definition) is 1. The molecule has 1 aliphatic rings. The van der Waals surface area contributed by atoms with E-state index in [0.29, 0.717) is 12.3 Å². The van der Waals surface area contributed by atoms with Crippen LogP contribution in [0.5, 0.6) is 0 Å². The van der Waals surface area contributed by atoms with Gasteiger partial charge < -0.3 is 5.32 Å². The minimum Gasteiger partial charge on any atom is -0.349 e. The van der Waals surface area contributed by atoms with Gasteiger partial charge in [-0.3, -0.25) is 4.79 Å². The van der Waals surface area contributed by atoms with Crippen LogP contribution in [0.15, 0.2) is 24.3 Å². The van der Waals surface area contributed by atoms with Crippen molar-refractivity contribution in [1.82, 2.24) is 5.32 Å². The molecule has 0 heterocycles. The van der Waals surface area contributed by atoms with Crippen molar-refractivity contribution in [2.75, 3.05) is 0 Å². The molecule has 0 bridgehead atoms. The quantitative estimate of drug-likeness (QED) is 0.849. The minimum atomic E-state index is 0.152. The van der Waals surface area contributed by atoms with Crippen LogP contribution in [0.25, 0.3) is 0 Å². The lowest BCUT2D eigenvalue weighted by molar-refractivity contribution is -0.122. The highest BCUT2D eigenvalue weighted by Crippen LogP contribution is 2.41. The van der Waals surface area contributed by atoms with Gasteiger partial charge in [0.1, 0.15) is 0 Å². The van der Waals surface area contributed by atoms with Crippen LogP contribution < -0.4 is 5.32 Å². The van der Waals surface area contributed by atoms with E-state index in [-0.39, 0.29) is 11.9 Å². The molecule has 1 N–H and O–H groups in total. The first-order valence-electron chi connectivity index (χ1n) is 6.25. The van der Waals surface area contributed by atoms with Gasteiger partial charge in [-0.25, -0.2) is 0 Å². The lowest BCUT2D eigenvalue weighted by Gasteiger charge is -2.18. The summed E-state index contributed by atoms with van der Waals surface area (Å²) >= 11 is 5.88. The van der Waals surface area contributed by atoms with Crippen LogP contribution >= 0.6 is 11.6 Å². The Morgan fingerprint density at radius 2 is 2.06 bits per heavy atom. The molecule has 0 radical (unpaired) electrons. The first kappa shape index (κ1) is 12.4. The molecule has 1 saturated carbocycles. The number of hydrogen-bond acceptors (Lipinski definition) is 1. The predicted molar refractivity (Wildman–Crippen MR) is 70.0 cm³/mol. The molecule has 2 nitrogen and oxygen atoms in total. The average molecular weight is 252 g/mol. The van der Waals surface area contributed by atoms with Crippen LogP contribution in [-0.4, -0.2) is 5.91 Å². The molecule has 1 atom stereocenters. The van der Waals surface area contributed by atoms with Crippen LogP contribution in [0.1, 0.15) is 44.2 Å². The lowest BCUT2D eigenvalue weighted by atomic mass is 10.0. The summed E-state index contributed by atoms with van der Waals surface area (Å²) in [4.78, 5) is 11.7. The highest BCUT2D eigenvalue weighted by molar-refractivity contribution is 6.30. The zero-order valence-corrected chi connectivity index (χ0v) is 10.8. The second-order valence-electron chi connectivity index (χ2n) is 4.68. The van der Waals surface area contributed by atoms with Crippen LogP contribution in [-0.2, 0) is 4.79 Å². The summed E-state index contributed by atoms with van der Waals surface area (Å²) in [5, 5.41) is 3.87. The Balaban J connectivity index is 2.06. The summed E-state index contributed by atoms with van der Waals surface area (Å²) in [5.74, 6) is 0.760. The molecule has 0 aromatic heterocycles. The van der Waals surface area contributed by atoms with Crippen molar-refractivity contribution in [2.24, 2.45) is 5.92 Å². The molecule has 1 amide bonds. The number of carbonyl (C=O) groups is 1. The smallest absolute Gasteiger partial charge is 0.220 e. The Kier molecular flexibility index (Phi) is 4.06. The normalized spacial score (nSPS) is 16.6. The Morgan fingerprint density at radius 1 is 1.41 bits per heavy atom. The molecule has 1 aromatic rings. The van der Waals surface area contributed by atoms with E-state index < -0.39 is 0 Å². The Morgan fingerprint density at radius 3 is 2.59 bits per heavy atom. The number of amides is 1. The fraction of sp³-hybridized carbons (Fsp3) is 0.500. The molecular formula is C14H18ClNO. The van der Waals surface area contributed by atoms with Crippen LogP contribution in [0.4, 0.5) is 0 Å². The fourth-order valence-corrected chi connectivity index (χ4v) is 2.17. The van der Waals surface area contributed by atoms with Gasteiger partial charge in [0.25, 0.3) is 0 Å². The van der Waals surface area contributed by atoms with E-state index in [4.69, 9.17) is 11.6 Å². The fourth-order valence-electron chi connectivity index (χ4n) is 2.05. The largest absolute Gasteiger partial charge is 0.349 e. The maximum atomic E-state index is 11.7. The second kappa shape index (κ2) is 5.54. The Bertz CT molecular complexity index is 384. The van der Waals surface area contributed by atoms with E-state index in [0.717, 1.165) is 11.4 Å². The standard InChI is InChI=1S/C14H18ClNO/c1-2-3-13(17)16-14(10-4-5-10)11-6-8-12(15)9-7-11/h6-10,14H,2-5H2,1H3,(H,16,17). The maximum absolute atomic E-state index is 11.7. The van der Waals surface area contributed by atoms with Crippen LogP contribution in [0.2, 0.25) is 5.02 Å². The number of carbonyl (C=O) groups excluding carboxylic acids is 1. The molecule has 1 aliphatic carbocycles. The van der Waals surface area contributed by atoms with Crippen molar-refractivity contribution in [3.8, 4) is 0 Å². The van der Waals surface area contributed by atoms with Crippen LogP contribution in [0.3, 0.4) is 0 Å². The van der Waals surface area contributed by atoms with E-state index in [1.54, 1.807) is 0 Å². The SMILES string of the molecule is CCCC(=O)NC(c1ccc(Cl)cc1)C1CC1. The van der Waals surface area contributed by atoms with Crippen molar-refractivity contribution >= 4 is 17.5 Å². The lowest BCUT2D eigenvalue weighted by Crippen LogP contribution is -2.29. The number of nitrogens with one attached hydrogen (secondary N) is 1. The van der Waals surface area contributed by atoms with Crippen LogP contribution in [0, 0.1) is 5.92 Å².